The Kier molecular flexibility index (Phi) is 6.46. The fourth-order valence-electron chi connectivity index (χ4n) is 2.17. The third kappa shape index (κ3) is 6.23. The van der Waals surface area contributed by atoms with E-state index in [1.54, 1.807) is 0 Å². The quantitative estimate of drug-likeness (QED) is 0.694. The summed E-state index contributed by atoms with van der Waals surface area (Å²) >= 11 is 0. The summed E-state index contributed by atoms with van der Waals surface area (Å²) in [6.07, 6.45) is 1.32. The molecule has 0 bridgehead atoms. The lowest BCUT2D eigenvalue weighted by Gasteiger charge is -2.09. The molecule has 6 heteroatoms. The SMILES string of the molecule is O=C(NCCCCCCC1CCNC1)C(F)(F)F. The molecule has 1 aliphatic rings. The van der Waals surface area contributed by atoms with Gasteiger partial charge in [0.1, 0.15) is 0 Å². The number of carbonyl (C=O) groups is 1. The van der Waals surface area contributed by atoms with Gasteiger partial charge in [0.2, 0.25) is 0 Å². The molecule has 0 radical (unpaired) electrons. The smallest absolute Gasteiger partial charge is 0.348 e. The molecule has 0 aromatic carbocycles. The molecule has 1 heterocycles. The number of alkyl halides is 3. The fraction of sp³-hybridized carbons (Fsp3) is 0.917. The van der Waals surface area contributed by atoms with Gasteiger partial charge in [-0.1, -0.05) is 19.3 Å². The average molecular weight is 266 g/mol. The molecule has 0 aliphatic carbocycles. The summed E-state index contributed by atoms with van der Waals surface area (Å²) < 4.78 is 35.5. The van der Waals surface area contributed by atoms with Crippen molar-refractivity contribution in [2.24, 2.45) is 5.92 Å². The normalized spacial score (nSPS) is 20.1. The van der Waals surface area contributed by atoms with Gasteiger partial charge in [0.15, 0.2) is 0 Å². The van der Waals surface area contributed by atoms with Gasteiger partial charge >= 0.3 is 12.1 Å². The Morgan fingerprint density at radius 3 is 2.56 bits per heavy atom. The monoisotopic (exact) mass is 266 g/mol. The van der Waals surface area contributed by atoms with E-state index in [1.807, 2.05) is 5.32 Å². The lowest BCUT2D eigenvalue weighted by molar-refractivity contribution is -0.173. The number of rotatable bonds is 7. The number of unbranched alkanes of at least 4 members (excludes halogenated alkanes) is 3. The molecule has 1 aliphatic heterocycles. The molecule has 1 amide bonds. The van der Waals surface area contributed by atoms with Gasteiger partial charge in [0, 0.05) is 6.54 Å². The van der Waals surface area contributed by atoms with Crippen molar-refractivity contribution < 1.29 is 18.0 Å². The van der Waals surface area contributed by atoms with E-state index in [4.69, 9.17) is 0 Å². The topological polar surface area (TPSA) is 41.1 Å². The van der Waals surface area contributed by atoms with Crippen molar-refractivity contribution in [1.82, 2.24) is 10.6 Å². The van der Waals surface area contributed by atoms with Crippen molar-refractivity contribution in [2.75, 3.05) is 19.6 Å². The number of hydrogen-bond donors (Lipinski definition) is 2. The Labute approximate surface area is 106 Å². The van der Waals surface area contributed by atoms with Crippen LogP contribution in [0.4, 0.5) is 13.2 Å². The second kappa shape index (κ2) is 7.61. The van der Waals surface area contributed by atoms with Gasteiger partial charge < -0.3 is 10.6 Å². The van der Waals surface area contributed by atoms with Crippen molar-refractivity contribution in [3.05, 3.63) is 0 Å². The van der Waals surface area contributed by atoms with E-state index in [0.29, 0.717) is 6.42 Å². The Balaban J connectivity index is 1.88. The first-order valence-electron chi connectivity index (χ1n) is 6.56. The summed E-state index contributed by atoms with van der Waals surface area (Å²) in [7, 11) is 0. The molecule has 0 aromatic rings. The van der Waals surface area contributed by atoms with Crippen LogP contribution in [0.5, 0.6) is 0 Å². The Morgan fingerprint density at radius 1 is 1.22 bits per heavy atom. The minimum absolute atomic E-state index is 0.114. The number of nitrogens with one attached hydrogen (secondary N) is 2. The zero-order valence-corrected chi connectivity index (χ0v) is 10.5. The molecular formula is C12H21F3N2O. The van der Waals surface area contributed by atoms with Crippen LogP contribution in [0.1, 0.15) is 38.5 Å². The summed E-state index contributed by atoms with van der Waals surface area (Å²) in [6, 6.07) is 0. The second-order valence-corrected chi connectivity index (χ2v) is 4.82. The van der Waals surface area contributed by atoms with Crippen molar-refractivity contribution in [3.8, 4) is 0 Å². The van der Waals surface area contributed by atoms with Gasteiger partial charge in [-0.3, -0.25) is 4.79 Å². The van der Waals surface area contributed by atoms with Crippen molar-refractivity contribution in [1.29, 1.82) is 0 Å². The van der Waals surface area contributed by atoms with Crippen molar-refractivity contribution >= 4 is 5.91 Å². The van der Waals surface area contributed by atoms with E-state index in [9.17, 15) is 18.0 Å². The van der Waals surface area contributed by atoms with Gasteiger partial charge in [0.25, 0.3) is 0 Å². The standard InChI is InChI=1S/C12H21F3N2O/c13-12(14,15)11(18)17-7-4-2-1-3-5-10-6-8-16-9-10/h10,16H,1-9H2,(H,17,18). The molecule has 1 unspecified atom stereocenters. The summed E-state index contributed by atoms with van der Waals surface area (Å²) in [5, 5.41) is 5.19. The van der Waals surface area contributed by atoms with Crippen LogP contribution in [-0.2, 0) is 4.79 Å². The highest BCUT2D eigenvalue weighted by atomic mass is 19.4. The molecule has 0 spiro atoms. The lowest BCUT2D eigenvalue weighted by atomic mass is 10.0. The van der Waals surface area contributed by atoms with Gasteiger partial charge in [-0.2, -0.15) is 13.2 Å². The summed E-state index contributed by atoms with van der Waals surface area (Å²) in [5.41, 5.74) is 0. The Bertz CT molecular complexity index is 250. The third-order valence-electron chi connectivity index (χ3n) is 3.24. The van der Waals surface area contributed by atoms with E-state index in [2.05, 4.69) is 5.32 Å². The maximum atomic E-state index is 11.8. The second-order valence-electron chi connectivity index (χ2n) is 4.82. The minimum Gasteiger partial charge on any atom is -0.348 e. The van der Waals surface area contributed by atoms with E-state index in [1.165, 1.54) is 12.8 Å². The highest BCUT2D eigenvalue weighted by Crippen LogP contribution is 2.17. The van der Waals surface area contributed by atoms with Gasteiger partial charge in [-0.05, 0) is 38.3 Å². The van der Waals surface area contributed by atoms with Gasteiger partial charge in [0.05, 0.1) is 0 Å². The first-order chi connectivity index (χ1) is 8.50. The number of halogens is 3. The molecule has 0 saturated carbocycles. The molecule has 106 valence electrons. The molecule has 1 rings (SSSR count). The van der Waals surface area contributed by atoms with E-state index >= 15 is 0 Å². The molecule has 1 atom stereocenters. The molecule has 2 N–H and O–H groups in total. The van der Waals surface area contributed by atoms with Gasteiger partial charge in [-0.15, -0.1) is 0 Å². The maximum Gasteiger partial charge on any atom is 0.471 e. The first kappa shape index (κ1) is 15.3. The Morgan fingerprint density at radius 2 is 1.94 bits per heavy atom. The summed E-state index contributed by atoms with van der Waals surface area (Å²) in [4.78, 5) is 10.5. The number of hydrogen-bond acceptors (Lipinski definition) is 2. The molecule has 0 aromatic heterocycles. The summed E-state index contributed by atoms with van der Waals surface area (Å²) in [6.45, 7) is 2.32. The predicted octanol–water partition coefficient (Wildman–Crippen LogP) is 2.22. The van der Waals surface area contributed by atoms with Crippen LogP contribution in [-0.4, -0.2) is 31.7 Å². The van der Waals surface area contributed by atoms with E-state index in [-0.39, 0.29) is 6.54 Å². The van der Waals surface area contributed by atoms with Crippen molar-refractivity contribution in [3.63, 3.8) is 0 Å². The number of carbonyl (C=O) groups excluding carboxylic acids is 1. The number of amides is 1. The van der Waals surface area contributed by atoms with E-state index < -0.39 is 12.1 Å². The largest absolute Gasteiger partial charge is 0.471 e. The molecule has 3 nitrogen and oxygen atoms in total. The predicted molar refractivity (Wildman–Crippen MR) is 63.1 cm³/mol. The lowest BCUT2D eigenvalue weighted by Crippen LogP contribution is -2.37. The summed E-state index contributed by atoms with van der Waals surface area (Å²) in [5.74, 6) is -1.06. The van der Waals surface area contributed by atoms with Crippen LogP contribution in [0.3, 0.4) is 0 Å². The average Bonchev–Trinajstić information content (AvgIpc) is 2.79. The highest BCUT2D eigenvalue weighted by Gasteiger charge is 2.38. The van der Waals surface area contributed by atoms with Crippen LogP contribution in [0.2, 0.25) is 0 Å². The first-order valence-corrected chi connectivity index (χ1v) is 6.56. The minimum atomic E-state index is -4.75. The fourth-order valence-corrected chi connectivity index (χ4v) is 2.17. The molecular weight excluding hydrogens is 245 g/mol. The third-order valence-corrected chi connectivity index (χ3v) is 3.24. The van der Waals surface area contributed by atoms with Crippen LogP contribution < -0.4 is 10.6 Å². The van der Waals surface area contributed by atoms with E-state index in [0.717, 1.165) is 38.3 Å². The molecule has 1 fully saturated rings. The highest BCUT2D eigenvalue weighted by molar-refractivity contribution is 5.81. The van der Waals surface area contributed by atoms with Gasteiger partial charge in [-0.25, -0.2) is 0 Å². The molecule has 18 heavy (non-hydrogen) atoms. The zero-order valence-electron chi connectivity index (χ0n) is 10.5. The van der Waals surface area contributed by atoms with Crippen LogP contribution in [0, 0.1) is 5.92 Å². The van der Waals surface area contributed by atoms with Crippen LogP contribution in [0.15, 0.2) is 0 Å². The Hall–Kier alpha value is -0.780. The molecule has 1 saturated heterocycles. The maximum absolute atomic E-state index is 11.8. The zero-order chi connectivity index (χ0) is 13.4. The van der Waals surface area contributed by atoms with Crippen LogP contribution >= 0.6 is 0 Å². The van der Waals surface area contributed by atoms with Crippen LogP contribution in [0.25, 0.3) is 0 Å². The van der Waals surface area contributed by atoms with Crippen molar-refractivity contribution in [2.45, 2.75) is 44.7 Å².